The fraction of sp³-hybridized carbons (Fsp3) is 0.259. The molecule has 1 fully saturated rings. The predicted molar refractivity (Wildman–Crippen MR) is 139 cm³/mol. The molecule has 37 heavy (non-hydrogen) atoms. The summed E-state index contributed by atoms with van der Waals surface area (Å²) in [5.41, 5.74) is 2.44. The molecule has 3 aromatic carbocycles. The van der Waals surface area contributed by atoms with Gasteiger partial charge in [-0.3, -0.25) is 19.7 Å². The number of nitrogens with one attached hydrogen (secondary N) is 1. The monoisotopic (exact) mass is 519 g/mol. The van der Waals surface area contributed by atoms with Crippen LogP contribution in [0, 0.1) is 10.1 Å². The molecule has 3 aromatic rings. The average Bonchev–Trinajstić information content (AvgIpc) is 3.40. The Morgan fingerprint density at radius 2 is 1.73 bits per heavy atom. The van der Waals surface area contributed by atoms with E-state index in [0.717, 1.165) is 24.6 Å². The minimum atomic E-state index is -0.448. The number of amides is 2. The zero-order valence-corrected chi connectivity index (χ0v) is 20.7. The van der Waals surface area contributed by atoms with Gasteiger partial charge >= 0.3 is 0 Å². The number of nitro groups is 1. The number of anilines is 1. The van der Waals surface area contributed by atoms with E-state index in [4.69, 9.17) is 9.47 Å². The molecule has 1 saturated heterocycles. The number of piperidine rings is 1. The number of rotatable bonds is 7. The van der Waals surface area contributed by atoms with Gasteiger partial charge in [-0.05, 0) is 60.7 Å². The highest BCUT2D eigenvalue weighted by atomic mass is 32.2. The van der Waals surface area contributed by atoms with Crippen molar-refractivity contribution in [2.24, 2.45) is 0 Å². The zero-order valence-electron chi connectivity index (χ0n) is 19.9. The maximum Gasteiger partial charge on any atom is 0.282 e. The quantitative estimate of drug-likeness (QED) is 0.263. The minimum absolute atomic E-state index is 0.00600. The number of fused-ring (bicyclic) bond motifs is 1. The van der Waals surface area contributed by atoms with Crippen molar-refractivity contribution in [3.05, 3.63) is 88.0 Å². The molecule has 9 nitrogen and oxygen atoms in total. The van der Waals surface area contributed by atoms with Gasteiger partial charge in [0.05, 0.1) is 15.6 Å². The number of para-hydroxylation sites is 1. The molecule has 5 rings (SSSR count). The molecule has 2 amide bonds. The van der Waals surface area contributed by atoms with Crippen molar-refractivity contribution in [1.29, 1.82) is 0 Å². The second-order valence-corrected chi connectivity index (χ2v) is 9.84. The maximum atomic E-state index is 12.9. The number of hydrogen-bond acceptors (Lipinski definition) is 7. The van der Waals surface area contributed by atoms with Crippen LogP contribution < -0.4 is 14.8 Å². The number of nitro benzene ring substituents is 1. The van der Waals surface area contributed by atoms with E-state index < -0.39 is 4.92 Å². The molecule has 0 saturated carbocycles. The minimum Gasteiger partial charge on any atom is -0.454 e. The molecular weight excluding hydrogens is 494 g/mol. The first-order valence-electron chi connectivity index (χ1n) is 11.9. The lowest BCUT2D eigenvalue weighted by Crippen LogP contribution is -2.37. The normalized spacial score (nSPS) is 14.9. The largest absolute Gasteiger partial charge is 0.454 e. The molecule has 0 aliphatic carbocycles. The van der Waals surface area contributed by atoms with Gasteiger partial charge in [-0.1, -0.05) is 24.3 Å². The highest BCUT2D eigenvalue weighted by molar-refractivity contribution is 8.00. The SMILES string of the molecule is O=C(CSc1ccccc1[N+](=O)[O-])Nc1ccc(C2CCN(C(=O)c3ccc4c(c3)OCO4)CC2)cc1. The first-order valence-corrected chi connectivity index (χ1v) is 12.9. The van der Waals surface area contributed by atoms with Crippen LogP contribution in [-0.4, -0.2) is 47.3 Å². The van der Waals surface area contributed by atoms with E-state index in [1.54, 1.807) is 36.4 Å². The molecule has 2 heterocycles. The van der Waals surface area contributed by atoms with Gasteiger partial charge in [-0.2, -0.15) is 0 Å². The fourth-order valence-corrected chi connectivity index (χ4v) is 5.36. The smallest absolute Gasteiger partial charge is 0.282 e. The third kappa shape index (κ3) is 5.69. The van der Waals surface area contributed by atoms with Crippen molar-refractivity contribution in [2.75, 3.05) is 31.0 Å². The van der Waals surface area contributed by atoms with Crippen molar-refractivity contribution in [1.82, 2.24) is 4.90 Å². The van der Waals surface area contributed by atoms with Gasteiger partial charge in [0.2, 0.25) is 12.7 Å². The molecule has 0 atom stereocenters. The lowest BCUT2D eigenvalue weighted by Gasteiger charge is -2.32. The van der Waals surface area contributed by atoms with Crippen LogP contribution >= 0.6 is 11.8 Å². The van der Waals surface area contributed by atoms with E-state index in [-0.39, 0.29) is 30.0 Å². The molecule has 0 bridgehead atoms. The third-order valence-electron chi connectivity index (χ3n) is 6.49. The summed E-state index contributed by atoms with van der Waals surface area (Å²) in [5.74, 6) is 1.43. The summed E-state index contributed by atoms with van der Waals surface area (Å²) in [6.45, 7) is 1.51. The van der Waals surface area contributed by atoms with Crippen LogP contribution in [0.25, 0.3) is 0 Å². The number of likely N-dealkylation sites (tertiary alicyclic amines) is 1. The van der Waals surface area contributed by atoms with Crippen LogP contribution in [0.5, 0.6) is 11.5 Å². The number of ether oxygens (including phenoxy) is 2. The maximum absolute atomic E-state index is 12.9. The van der Waals surface area contributed by atoms with Crippen LogP contribution in [-0.2, 0) is 4.79 Å². The molecule has 0 spiro atoms. The Morgan fingerprint density at radius 1 is 1.00 bits per heavy atom. The van der Waals surface area contributed by atoms with Crippen molar-refractivity contribution >= 4 is 35.0 Å². The second kappa shape index (κ2) is 10.9. The van der Waals surface area contributed by atoms with Crippen LogP contribution in [0.15, 0.2) is 71.6 Å². The van der Waals surface area contributed by atoms with Crippen LogP contribution in [0.4, 0.5) is 11.4 Å². The number of hydrogen-bond donors (Lipinski definition) is 1. The summed E-state index contributed by atoms with van der Waals surface area (Å²) >= 11 is 1.14. The van der Waals surface area contributed by atoms with Gasteiger partial charge in [0.15, 0.2) is 11.5 Å². The number of nitrogens with zero attached hydrogens (tertiary/aromatic N) is 2. The summed E-state index contributed by atoms with van der Waals surface area (Å²) in [6.07, 6.45) is 1.71. The number of benzene rings is 3. The highest BCUT2D eigenvalue weighted by Gasteiger charge is 2.26. The summed E-state index contributed by atoms with van der Waals surface area (Å²) < 4.78 is 10.7. The first-order chi connectivity index (χ1) is 18.0. The number of thioether (sulfide) groups is 1. The van der Waals surface area contributed by atoms with Crippen molar-refractivity contribution in [3.63, 3.8) is 0 Å². The van der Waals surface area contributed by atoms with E-state index in [1.165, 1.54) is 11.6 Å². The molecule has 0 aromatic heterocycles. The molecule has 1 N–H and O–H groups in total. The van der Waals surface area contributed by atoms with Crippen molar-refractivity contribution in [3.8, 4) is 11.5 Å². The fourth-order valence-electron chi connectivity index (χ4n) is 4.54. The Labute approximate surface area is 217 Å². The summed E-state index contributed by atoms with van der Waals surface area (Å²) in [4.78, 5) is 38.3. The van der Waals surface area contributed by atoms with Gasteiger partial charge in [0.1, 0.15) is 0 Å². The summed E-state index contributed by atoms with van der Waals surface area (Å²) in [5, 5.41) is 14.0. The third-order valence-corrected chi connectivity index (χ3v) is 7.55. The zero-order chi connectivity index (χ0) is 25.8. The Hall–Kier alpha value is -4.05. The summed E-state index contributed by atoms with van der Waals surface area (Å²) in [7, 11) is 0. The van der Waals surface area contributed by atoms with Crippen LogP contribution in [0.2, 0.25) is 0 Å². The van der Waals surface area contributed by atoms with E-state index in [2.05, 4.69) is 5.32 Å². The molecule has 190 valence electrons. The Balaban J connectivity index is 1.11. The van der Waals surface area contributed by atoms with Gasteiger partial charge in [-0.25, -0.2) is 0 Å². The Morgan fingerprint density at radius 3 is 2.49 bits per heavy atom. The predicted octanol–water partition coefficient (Wildman–Crippen LogP) is 5.07. The van der Waals surface area contributed by atoms with E-state index in [9.17, 15) is 19.7 Å². The standard InChI is InChI=1S/C27H25N3O6S/c31-26(16-37-25-4-2-1-3-22(25)30(33)34)28-21-8-5-18(6-9-21)19-11-13-29(14-12-19)27(32)20-7-10-23-24(15-20)36-17-35-23/h1-10,15,19H,11-14,16-17H2,(H,28,31). The average molecular weight is 520 g/mol. The van der Waals surface area contributed by atoms with Gasteiger partial charge < -0.3 is 19.7 Å². The van der Waals surface area contributed by atoms with Gasteiger partial charge in [-0.15, -0.1) is 11.8 Å². The molecule has 0 unspecified atom stereocenters. The van der Waals surface area contributed by atoms with E-state index >= 15 is 0 Å². The lowest BCUT2D eigenvalue weighted by molar-refractivity contribution is -0.387. The molecule has 10 heteroatoms. The van der Waals surface area contributed by atoms with E-state index in [0.29, 0.717) is 46.7 Å². The van der Waals surface area contributed by atoms with E-state index in [1.807, 2.05) is 29.2 Å². The summed E-state index contributed by atoms with van der Waals surface area (Å²) in [6, 6.07) is 19.4. The van der Waals surface area contributed by atoms with Crippen molar-refractivity contribution in [2.45, 2.75) is 23.7 Å². The molecule has 2 aliphatic rings. The molecular formula is C27H25N3O6S. The topological polar surface area (TPSA) is 111 Å². The van der Waals surface area contributed by atoms with Crippen molar-refractivity contribution < 1.29 is 24.0 Å². The lowest BCUT2D eigenvalue weighted by atomic mass is 9.89. The Kier molecular flexibility index (Phi) is 7.27. The Bertz CT molecular complexity index is 1320. The highest BCUT2D eigenvalue weighted by Crippen LogP contribution is 2.34. The van der Waals surface area contributed by atoms with Crippen LogP contribution in [0.1, 0.15) is 34.7 Å². The van der Waals surface area contributed by atoms with Crippen LogP contribution in [0.3, 0.4) is 0 Å². The first kappa shape index (κ1) is 24.6. The van der Waals surface area contributed by atoms with Gasteiger partial charge in [0, 0.05) is 30.4 Å². The van der Waals surface area contributed by atoms with Gasteiger partial charge in [0.25, 0.3) is 11.6 Å². The second-order valence-electron chi connectivity index (χ2n) is 8.82. The number of carbonyl (C=O) groups is 2. The molecule has 0 radical (unpaired) electrons. The molecule has 2 aliphatic heterocycles. The number of carbonyl (C=O) groups excluding carboxylic acids is 2.